The zero-order valence-corrected chi connectivity index (χ0v) is 16.9. The number of carbonyl (C=O) groups excluding carboxylic acids is 1. The van der Waals surface area contributed by atoms with Crippen molar-refractivity contribution < 1.29 is 9.18 Å². The van der Waals surface area contributed by atoms with E-state index in [4.69, 9.17) is 11.6 Å². The summed E-state index contributed by atoms with van der Waals surface area (Å²) in [5.74, 6) is 0.713. The number of nitrogens with one attached hydrogen (secondary N) is 1. The third kappa shape index (κ3) is 5.43. The van der Waals surface area contributed by atoms with Crippen LogP contribution in [0.25, 0.3) is 0 Å². The van der Waals surface area contributed by atoms with E-state index in [0.717, 1.165) is 11.4 Å². The second-order valence-corrected chi connectivity index (χ2v) is 7.51. The smallest absolute Gasteiger partial charge is 0.255 e. The van der Waals surface area contributed by atoms with Gasteiger partial charge < -0.3 is 10.2 Å². The number of carbonyl (C=O) groups is 1. The Kier molecular flexibility index (Phi) is 6.49. The van der Waals surface area contributed by atoms with Crippen molar-refractivity contribution in [3.05, 3.63) is 76.7 Å². The van der Waals surface area contributed by atoms with Gasteiger partial charge in [0.05, 0.1) is 0 Å². The summed E-state index contributed by atoms with van der Waals surface area (Å²) in [6, 6.07) is 14.6. The number of benzene rings is 2. The molecule has 2 aromatic carbocycles. The maximum Gasteiger partial charge on any atom is 0.255 e. The quantitative estimate of drug-likeness (QED) is 0.352. The van der Waals surface area contributed by atoms with Crippen molar-refractivity contribution >= 4 is 40.8 Å². The van der Waals surface area contributed by atoms with Gasteiger partial charge in [-0.15, -0.1) is 0 Å². The van der Waals surface area contributed by atoms with Crippen LogP contribution in [0.4, 0.5) is 15.9 Å². The number of anilines is 2. The molecule has 28 heavy (non-hydrogen) atoms. The summed E-state index contributed by atoms with van der Waals surface area (Å²) in [5.41, 5.74) is 2.00. The summed E-state index contributed by atoms with van der Waals surface area (Å²) in [6.45, 7) is 0. The van der Waals surface area contributed by atoms with Crippen LogP contribution in [0, 0.1) is 5.82 Å². The van der Waals surface area contributed by atoms with Gasteiger partial charge in [-0.3, -0.25) is 4.79 Å². The summed E-state index contributed by atoms with van der Waals surface area (Å²) < 4.78 is 13.0. The minimum absolute atomic E-state index is 0.257. The van der Waals surface area contributed by atoms with Crippen LogP contribution in [0.15, 0.2) is 59.8 Å². The number of hydrogen-bond acceptors (Lipinski definition) is 5. The van der Waals surface area contributed by atoms with E-state index in [0.29, 0.717) is 27.3 Å². The normalized spacial score (nSPS) is 10.6. The van der Waals surface area contributed by atoms with Crippen molar-refractivity contribution in [2.75, 3.05) is 24.3 Å². The SMILES string of the molecule is CN(C)c1cc(Cl)nc(SCc2cccc(C(=O)Nc3ccc(F)cc3)c2)n1. The van der Waals surface area contributed by atoms with Crippen LogP contribution in [-0.2, 0) is 5.75 Å². The number of rotatable bonds is 6. The highest BCUT2D eigenvalue weighted by Gasteiger charge is 2.09. The fraction of sp³-hybridized carbons (Fsp3) is 0.150. The molecule has 0 atom stereocenters. The standard InChI is InChI=1S/C20H18ClFN4OS/c1-26(2)18-11-17(21)24-20(25-18)28-12-13-4-3-5-14(10-13)19(27)23-16-8-6-15(22)7-9-16/h3-11H,12H2,1-2H3,(H,23,27). The first-order valence-corrected chi connectivity index (χ1v) is 9.77. The number of nitrogens with zero attached hydrogens (tertiary/aromatic N) is 3. The van der Waals surface area contributed by atoms with Gasteiger partial charge in [0, 0.05) is 37.2 Å². The molecule has 0 spiro atoms. The number of halogens is 2. The van der Waals surface area contributed by atoms with Crippen LogP contribution in [0.3, 0.4) is 0 Å². The molecule has 0 unspecified atom stereocenters. The highest BCUT2D eigenvalue weighted by Crippen LogP contribution is 2.24. The molecule has 1 heterocycles. The van der Waals surface area contributed by atoms with Crippen LogP contribution in [-0.4, -0.2) is 30.0 Å². The zero-order chi connectivity index (χ0) is 20.1. The van der Waals surface area contributed by atoms with E-state index in [1.807, 2.05) is 37.2 Å². The molecular formula is C20H18ClFN4OS. The molecule has 144 valence electrons. The maximum absolute atomic E-state index is 13.0. The van der Waals surface area contributed by atoms with Crippen LogP contribution in [0.5, 0.6) is 0 Å². The van der Waals surface area contributed by atoms with E-state index in [9.17, 15) is 9.18 Å². The Morgan fingerprint density at radius 1 is 1.14 bits per heavy atom. The molecule has 3 rings (SSSR count). The molecule has 1 aromatic heterocycles. The molecule has 1 N–H and O–H groups in total. The lowest BCUT2D eigenvalue weighted by molar-refractivity contribution is 0.102. The number of aromatic nitrogens is 2. The van der Waals surface area contributed by atoms with E-state index in [1.54, 1.807) is 12.1 Å². The van der Waals surface area contributed by atoms with Crippen molar-refractivity contribution in [2.45, 2.75) is 10.9 Å². The topological polar surface area (TPSA) is 58.1 Å². The van der Waals surface area contributed by atoms with Crippen molar-refractivity contribution in [2.24, 2.45) is 0 Å². The Labute approximate surface area is 172 Å². The van der Waals surface area contributed by atoms with Gasteiger partial charge in [-0.1, -0.05) is 35.5 Å². The lowest BCUT2D eigenvalue weighted by atomic mass is 10.1. The summed E-state index contributed by atoms with van der Waals surface area (Å²) in [6.07, 6.45) is 0. The van der Waals surface area contributed by atoms with Crippen molar-refractivity contribution in [1.82, 2.24) is 9.97 Å². The summed E-state index contributed by atoms with van der Waals surface area (Å²) in [7, 11) is 3.77. The van der Waals surface area contributed by atoms with Gasteiger partial charge in [0.15, 0.2) is 5.16 Å². The first kappa shape index (κ1) is 20.1. The lowest BCUT2D eigenvalue weighted by Crippen LogP contribution is -2.12. The van der Waals surface area contributed by atoms with E-state index in [-0.39, 0.29) is 11.7 Å². The minimum atomic E-state index is -0.349. The molecule has 0 bridgehead atoms. The Morgan fingerprint density at radius 3 is 2.61 bits per heavy atom. The Bertz CT molecular complexity index is 982. The van der Waals surface area contributed by atoms with Crippen LogP contribution < -0.4 is 10.2 Å². The Hall–Kier alpha value is -2.64. The molecule has 0 aliphatic rings. The average molecular weight is 417 g/mol. The molecule has 0 saturated heterocycles. The predicted octanol–water partition coefficient (Wildman–Crippen LogP) is 4.88. The van der Waals surface area contributed by atoms with Gasteiger partial charge in [-0.25, -0.2) is 14.4 Å². The molecule has 5 nitrogen and oxygen atoms in total. The fourth-order valence-electron chi connectivity index (χ4n) is 2.37. The van der Waals surface area contributed by atoms with Gasteiger partial charge in [0.2, 0.25) is 0 Å². The molecule has 8 heteroatoms. The highest BCUT2D eigenvalue weighted by molar-refractivity contribution is 7.98. The molecule has 0 radical (unpaired) electrons. The van der Waals surface area contributed by atoms with E-state index in [1.165, 1.54) is 36.0 Å². The first-order valence-electron chi connectivity index (χ1n) is 8.41. The van der Waals surface area contributed by atoms with Gasteiger partial charge in [-0.05, 0) is 42.0 Å². The lowest BCUT2D eigenvalue weighted by Gasteiger charge is -2.12. The van der Waals surface area contributed by atoms with E-state index >= 15 is 0 Å². The van der Waals surface area contributed by atoms with Crippen molar-refractivity contribution in [3.8, 4) is 0 Å². The zero-order valence-electron chi connectivity index (χ0n) is 15.3. The van der Waals surface area contributed by atoms with Gasteiger partial charge >= 0.3 is 0 Å². The van der Waals surface area contributed by atoms with Crippen LogP contribution in [0.2, 0.25) is 5.15 Å². The summed E-state index contributed by atoms with van der Waals surface area (Å²) >= 11 is 7.50. The van der Waals surface area contributed by atoms with Crippen LogP contribution in [0.1, 0.15) is 15.9 Å². The minimum Gasteiger partial charge on any atom is -0.363 e. The van der Waals surface area contributed by atoms with Gasteiger partial charge in [0.25, 0.3) is 5.91 Å². The average Bonchev–Trinajstić information content (AvgIpc) is 2.68. The van der Waals surface area contributed by atoms with E-state index in [2.05, 4.69) is 15.3 Å². The molecule has 0 saturated carbocycles. The van der Waals surface area contributed by atoms with Gasteiger partial charge in [-0.2, -0.15) is 0 Å². The second kappa shape index (κ2) is 9.03. The maximum atomic E-state index is 13.0. The third-order valence-electron chi connectivity index (χ3n) is 3.78. The summed E-state index contributed by atoms with van der Waals surface area (Å²) in [4.78, 5) is 23.0. The molecule has 1 amide bonds. The molecule has 0 aliphatic heterocycles. The molecule has 0 aliphatic carbocycles. The predicted molar refractivity (Wildman–Crippen MR) is 112 cm³/mol. The number of hydrogen-bond donors (Lipinski definition) is 1. The monoisotopic (exact) mass is 416 g/mol. The Morgan fingerprint density at radius 2 is 1.89 bits per heavy atom. The highest BCUT2D eigenvalue weighted by atomic mass is 35.5. The molecule has 3 aromatic rings. The number of thioether (sulfide) groups is 1. The number of amides is 1. The van der Waals surface area contributed by atoms with Crippen LogP contribution >= 0.6 is 23.4 Å². The molecular weight excluding hydrogens is 399 g/mol. The van der Waals surface area contributed by atoms with E-state index < -0.39 is 0 Å². The molecule has 0 fully saturated rings. The first-order chi connectivity index (χ1) is 13.4. The van der Waals surface area contributed by atoms with Crippen molar-refractivity contribution in [1.29, 1.82) is 0 Å². The largest absolute Gasteiger partial charge is 0.363 e. The Balaban J connectivity index is 1.68. The fourth-order valence-corrected chi connectivity index (χ4v) is 3.39. The third-order valence-corrected chi connectivity index (χ3v) is 4.89. The van der Waals surface area contributed by atoms with Crippen molar-refractivity contribution in [3.63, 3.8) is 0 Å². The summed E-state index contributed by atoms with van der Waals surface area (Å²) in [5, 5.41) is 3.70. The van der Waals surface area contributed by atoms with Gasteiger partial charge in [0.1, 0.15) is 16.8 Å². The second-order valence-electron chi connectivity index (χ2n) is 6.18.